The van der Waals surface area contributed by atoms with Gasteiger partial charge < -0.3 is 5.11 Å². The lowest BCUT2D eigenvalue weighted by molar-refractivity contribution is -0.135. The number of hydrogen-bond acceptors (Lipinski definition) is 4. The van der Waals surface area contributed by atoms with Crippen LogP contribution in [-0.2, 0) is 14.8 Å². The van der Waals surface area contributed by atoms with E-state index in [2.05, 4.69) is 0 Å². The number of sulfonamides is 1. The number of nitrogens with zero attached hydrogens (tertiary/aromatic N) is 1. The Morgan fingerprint density at radius 2 is 1.44 bits per heavy atom. The van der Waals surface area contributed by atoms with E-state index in [9.17, 15) is 18.0 Å². The van der Waals surface area contributed by atoms with Gasteiger partial charge in [-0.2, -0.15) is 0 Å². The number of aliphatic carboxylic acids is 1. The number of amides is 2. The van der Waals surface area contributed by atoms with E-state index in [0.717, 1.165) is 4.90 Å². The molecule has 0 saturated heterocycles. The Balaban J connectivity index is 2.28. The third-order valence-electron chi connectivity index (χ3n) is 3.02. The number of carbonyl (C=O) groups is 2. The summed E-state index contributed by atoms with van der Waals surface area (Å²) in [5.41, 5.74) is 0.176. The summed E-state index contributed by atoms with van der Waals surface area (Å²) in [5, 5.41) is 9.70. The van der Waals surface area contributed by atoms with Crippen molar-refractivity contribution in [3.05, 3.63) is 58.6 Å². The van der Waals surface area contributed by atoms with Crippen molar-refractivity contribution in [3.8, 4) is 0 Å². The summed E-state index contributed by atoms with van der Waals surface area (Å²) in [7, 11) is -4.19. The summed E-state index contributed by atoms with van der Waals surface area (Å²) in [5.74, 6) is -1.31. The van der Waals surface area contributed by atoms with Crippen molar-refractivity contribution in [1.29, 1.82) is 0 Å². The highest BCUT2D eigenvalue weighted by molar-refractivity contribution is 7.90. The molecule has 0 unspecified atom stereocenters. The molecule has 132 valence electrons. The summed E-state index contributed by atoms with van der Waals surface area (Å²) in [6.45, 7) is -0.733. The van der Waals surface area contributed by atoms with Gasteiger partial charge in [0.1, 0.15) is 6.54 Å². The van der Waals surface area contributed by atoms with Crippen molar-refractivity contribution in [2.45, 2.75) is 4.90 Å². The Labute approximate surface area is 153 Å². The number of nitrogens with one attached hydrogen (secondary N) is 1. The van der Waals surface area contributed by atoms with Gasteiger partial charge in [-0.3, -0.25) is 9.69 Å². The number of halogens is 2. The summed E-state index contributed by atoms with van der Waals surface area (Å²) in [4.78, 5) is 23.9. The van der Waals surface area contributed by atoms with Gasteiger partial charge in [0.15, 0.2) is 0 Å². The quantitative estimate of drug-likeness (QED) is 0.799. The van der Waals surface area contributed by atoms with Gasteiger partial charge in [0, 0.05) is 15.7 Å². The fourth-order valence-electron chi connectivity index (χ4n) is 1.88. The molecule has 0 aliphatic heterocycles. The average molecular weight is 403 g/mol. The highest BCUT2D eigenvalue weighted by Crippen LogP contribution is 2.19. The zero-order valence-electron chi connectivity index (χ0n) is 12.5. The van der Waals surface area contributed by atoms with Gasteiger partial charge in [-0.1, -0.05) is 23.2 Å². The van der Waals surface area contributed by atoms with Crippen molar-refractivity contribution in [3.63, 3.8) is 0 Å². The van der Waals surface area contributed by atoms with E-state index in [1.807, 2.05) is 4.72 Å². The average Bonchev–Trinajstić information content (AvgIpc) is 2.53. The molecular weight excluding hydrogens is 391 g/mol. The minimum Gasteiger partial charge on any atom is -0.480 e. The molecule has 0 heterocycles. The molecule has 10 heteroatoms. The van der Waals surface area contributed by atoms with Gasteiger partial charge in [-0.25, -0.2) is 17.9 Å². The standard InChI is InChI=1S/C15H12Cl2N2O5S/c16-10-1-5-12(6-2-10)19(9-14(20)21)15(22)18-25(23,24)13-7-3-11(17)4-8-13/h1-8H,9H2,(H,18,22)(H,20,21). The second-order valence-electron chi connectivity index (χ2n) is 4.82. The van der Waals surface area contributed by atoms with Crippen molar-refractivity contribution >= 4 is 50.9 Å². The summed E-state index contributed by atoms with van der Waals surface area (Å²) in [6, 6.07) is 9.76. The van der Waals surface area contributed by atoms with E-state index in [1.54, 1.807) is 0 Å². The molecule has 25 heavy (non-hydrogen) atoms. The highest BCUT2D eigenvalue weighted by atomic mass is 35.5. The van der Waals surface area contributed by atoms with Crippen LogP contribution in [0.3, 0.4) is 0 Å². The minimum absolute atomic E-state index is 0.176. The SMILES string of the molecule is O=C(O)CN(C(=O)NS(=O)(=O)c1ccc(Cl)cc1)c1ccc(Cl)cc1. The molecule has 7 nitrogen and oxygen atoms in total. The van der Waals surface area contributed by atoms with Crippen LogP contribution in [-0.4, -0.2) is 32.1 Å². The number of benzene rings is 2. The minimum atomic E-state index is -4.19. The summed E-state index contributed by atoms with van der Waals surface area (Å²) < 4.78 is 26.3. The van der Waals surface area contributed by atoms with Gasteiger partial charge in [-0.05, 0) is 48.5 Å². The number of hydrogen-bond donors (Lipinski definition) is 2. The molecule has 0 aliphatic carbocycles. The first-order valence-corrected chi connectivity index (χ1v) is 9.00. The van der Waals surface area contributed by atoms with E-state index in [-0.39, 0.29) is 10.6 Å². The van der Waals surface area contributed by atoms with E-state index >= 15 is 0 Å². The number of rotatable bonds is 5. The van der Waals surface area contributed by atoms with Crippen molar-refractivity contribution in [2.24, 2.45) is 0 Å². The maximum atomic E-state index is 12.3. The molecule has 0 bridgehead atoms. The van der Waals surface area contributed by atoms with E-state index in [1.165, 1.54) is 48.5 Å². The lowest BCUT2D eigenvalue weighted by Crippen LogP contribution is -2.45. The number of carboxylic acids is 1. The highest BCUT2D eigenvalue weighted by Gasteiger charge is 2.24. The molecule has 0 radical (unpaired) electrons. The second-order valence-corrected chi connectivity index (χ2v) is 7.38. The van der Waals surface area contributed by atoms with Crippen molar-refractivity contribution in [2.75, 3.05) is 11.4 Å². The number of anilines is 1. The van der Waals surface area contributed by atoms with Crippen LogP contribution < -0.4 is 9.62 Å². The fraction of sp³-hybridized carbons (Fsp3) is 0.0667. The second kappa shape index (κ2) is 7.73. The smallest absolute Gasteiger partial charge is 0.336 e. The fourth-order valence-corrected chi connectivity index (χ4v) is 3.08. The Hall–Kier alpha value is -2.29. The van der Waals surface area contributed by atoms with Gasteiger partial charge in [0.05, 0.1) is 4.90 Å². The zero-order chi connectivity index (χ0) is 18.6. The maximum absolute atomic E-state index is 12.3. The molecule has 0 fully saturated rings. The molecular formula is C15H12Cl2N2O5S. The summed E-state index contributed by atoms with van der Waals surface area (Å²) in [6.07, 6.45) is 0. The predicted octanol–water partition coefficient (Wildman–Crippen LogP) is 2.98. The maximum Gasteiger partial charge on any atom is 0.336 e. The van der Waals surface area contributed by atoms with E-state index in [0.29, 0.717) is 10.0 Å². The molecule has 2 aromatic carbocycles. The largest absolute Gasteiger partial charge is 0.480 e. The number of urea groups is 1. The molecule has 0 spiro atoms. The van der Waals surface area contributed by atoms with E-state index in [4.69, 9.17) is 28.3 Å². The van der Waals surface area contributed by atoms with Crippen LogP contribution in [0.25, 0.3) is 0 Å². The molecule has 2 rings (SSSR count). The Bertz CT molecular complexity index is 883. The van der Waals surface area contributed by atoms with Crippen LogP contribution in [0.15, 0.2) is 53.4 Å². The molecule has 2 amide bonds. The normalized spacial score (nSPS) is 11.0. The van der Waals surface area contributed by atoms with Crippen LogP contribution in [0.2, 0.25) is 10.0 Å². The lowest BCUT2D eigenvalue weighted by Gasteiger charge is -2.21. The third-order valence-corrected chi connectivity index (χ3v) is 4.86. The van der Waals surface area contributed by atoms with Crippen LogP contribution >= 0.6 is 23.2 Å². The molecule has 2 N–H and O–H groups in total. The van der Waals surface area contributed by atoms with Gasteiger partial charge >= 0.3 is 12.0 Å². The molecule has 0 saturated carbocycles. The molecule has 2 aromatic rings. The third kappa shape index (κ3) is 5.09. The van der Waals surface area contributed by atoms with Crippen LogP contribution in [0.5, 0.6) is 0 Å². The first kappa shape index (κ1) is 19.0. The van der Waals surface area contributed by atoms with Gasteiger partial charge in [-0.15, -0.1) is 0 Å². The van der Waals surface area contributed by atoms with Gasteiger partial charge in [0.2, 0.25) is 0 Å². The first-order chi connectivity index (χ1) is 11.7. The summed E-state index contributed by atoms with van der Waals surface area (Å²) >= 11 is 11.5. The van der Waals surface area contributed by atoms with Gasteiger partial charge in [0.25, 0.3) is 10.0 Å². The monoisotopic (exact) mass is 402 g/mol. The molecule has 0 aromatic heterocycles. The molecule has 0 aliphatic rings. The van der Waals surface area contributed by atoms with Crippen LogP contribution in [0.1, 0.15) is 0 Å². The zero-order valence-corrected chi connectivity index (χ0v) is 14.8. The van der Waals surface area contributed by atoms with Crippen LogP contribution in [0.4, 0.5) is 10.5 Å². The number of carboxylic acid groups (broad SMARTS) is 1. The molecule has 0 atom stereocenters. The Kier molecular flexibility index (Phi) is 5.89. The van der Waals surface area contributed by atoms with Crippen molar-refractivity contribution in [1.82, 2.24) is 4.72 Å². The van der Waals surface area contributed by atoms with Crippen LogP contribution in [0, 0.1) is 0 Å². The first-order valence-electron chi connectivity index (χ1n) is 6.76. The lowest BCUT2D eigenvalue weighted by atomic mass is 10.3. The Morgan fingerprint density at radius 1 is 0.960 bits per heavy atom. The Morgan fingerprint density at radius 3 is 1.92 bits per heavy atom. The topological polar surface area (TPSA) is 104 Å². The predicted molar refractivity (Wildman–Crippen MR) is 93.6 cm³/mol. The van der Waals surface area contributed by atoms with Crippen molar-refractivity contribution < 1.29 is 23.1 Å². The number of carbonyl (C=O) groups excluding carboxylic acids is 1. The van der Waals surface area contributed by atoms with E-state index < -0.39 is 28.6 Å².